The van der Waals surface area contributed by atoms with Crippen LogP contribution in [0.5, 0.6) is 0 Å². The van der Waals surface area contributed by atoms with Crippen LogP contribution in [-0.2, 0) is 12.8 Å². The van der Waals surface area contributed by atoms with Crippen LogP contribution in [-0.4, -0.2) is 15.2 Å². The summed E-state index contributed by atoms with van der Waals surface area (Å²) in [7, 11) is 0. The second-order valence-corrected chi connectivity index (χ2v) is 5.05. The first-order valence-electron chi connectivity index (χ1n) is 6.85. The zero-order valence-corrected chi connectivity index (χ0v) is 10.6. The van der Waals surface area contributed by atoms with Gasteiger partial charge in [-0.1, -0.05) is 19.3 Å². The van der Waals surface area contributed by atoms with Crippen LogP contribution in [0.2, 0.25) is 0 Å². The molecule has 0 bridgehead atoms. The molecule has 0 saturated heterocycles. The molecule has 0 amide bonds. The predicted octanol–water partition coefficient (Wildman–Crippen LogP) is 3.23. The molecule has 0 atom stereocenters. The molecular weight excluding hydrogens is 226 g/mol. The first-order valence-corrected chi connectivity index (χ1v) is 6.85. The van der Waals surface area contributed by atoms with Crippen LogP contribution >= 0.6 is 0 Å². The van der Waals surface area contributed by atoms with Gasteiger partial charge in [0, 0.05) is 18.8 Å². The van der Waals surface area contributed by atoms with E-state index in [1.165, 1.54) is 32.1 Å². The van der Waals surface area contributed by atoms with Crippen molar-refractivity contribution in [2.24, 2.45) is 0 Å². The van der Waals surface area contributed by atoms with Crippen LogP contribution in [0.3, 0.4) is 0 Å². The summed E-state index contributed by atoms with van der Waals surface area (Å²) in [6.07, 6.45) is 9.96. The Morgan fingerprint density at radius 3 is 2.89 bits per heavy atom. The fraction of sp³-hybridized carbons (Fsp3) is 0.571. The Bertz CT molecular complexity index is 469. The monoisotopic (exact) mass is 245 g/mol. The summed E-state index contributed by atoms with van der Waals surface area (Å²) < 4.78 is 5.32. The molecule has 4 heteroatoms. The average Bonchev–Trinajstić information content (AvgIpc) is 3.09. The topological polar surface area (TPSA) is 54.7 Å². The van der Waals surface area contributed by atoms with Gasteiger partial charge in [-0.25, -0.2) is 4.98 Å². The standard InChI is InChI=1S/C14H19N3O/c1-2-5-11(6-3-1)14-15-13(16-17-14)9-8-12-7-4-10-18-12/h4,7,10-11H,1-3,5-6,8-9H2,(H,15,16,17). The Hall–Kier alpha value is -1.58. The second kappa shape index (κ2) is 5.38. The van der Waals surface area contributed by atoms with Gasteiger partial charge in [-0.15, -0.1) is 0 Å². The number of furan rings is 1. The SMILES string of the molecule is c1coc(CCc2nc(C3CCCCC3)n[nH]2)c1. The van der Waals surface area contributed by atoms with Crippen molar-refractivity contribution in [3.05, 3.63) is 35.8 Å². The molecule has 1 fully saturated rings. The van der Waals surface area contributed by atoms with Gasteiger partial charge in [0.2, 0.25) is 0 Å². The van der Waals surface area contributed by atoms with Gasteiger partial charge in [0.15, 0.2) is 5.82 Å². The molecule has 2 heterocycles. The third kappa shape index (κ3) is 2.63. The van der Waals surface area contributed by atoms with Crippen LogP contribution < -0.4 is 0 Å². The van der Waals surface area contributed by atoms with E-state index < -0.39 is 0 Å². The highest BCUT2D eigenvalue weighted by Gasteiger charge is 2.19. The van der Waals surface area contributed by atoms with Crippen molar-refractivity contribution in [3.8, 4) is 0 Å². The molecule has 4 nitrogen and oxygen atoms in total. The number of nitrogens with one attached hydrogen (secondary N) is 1. The molecule has 2 aromatic rings. The molecule has 3 rings (SSSR count). The molecule has 0 spiro atoms. The Morgan fingerprint density at radius 2 is 2.11 bits per heavy atom. The number of nitrogens with zero attached hydrogens (tertiary/aromatic N) is 2. The lowest BCUT2D eigenvalue weighted by Gasteiger charge is -2.17. The molecule has 0 aliphatic heterocycles. The van der Waals surface area contributed by atoms with Gasteiger partial charge in [0.1, 0.15) is 11.6 Å². The smallest absolute Gasteiger partial charge is 0.153 e. The molecule has 0 aromatic carbocycles. The fourth-order valence-electron chi connectivity index (χ4n) is 2.66. The summed E-state index contributed by atoms with van der Waals surface area (Å²) in [5.41, 5.74) is 0. The average molecular weight is 245 g/mol. The minimum atomic E-state index is 0.576. The lowest BCUT2D eigenvalue weighted by atomic mass is 9.89. The van der Waals surface area contributed by atoms with Crippen LogP contribution in [0.4, 0.5) is 0 Å². The van der Waals surface area contributed by atoms with Crippen molar-refractivity contribution in [1.82, 2.24) is 15.2 Å². The molecule has 1 aliphatic rings. The quantitative estimate of drug-likeness (QED) is 0.899. The number of aryl methyl sites for hydroxylation is 2. The van der Waals surface area contributed by atoms with Crippen LogP contribution in [0.1, 0.15) is 55.4 Å². The Morgan fingerprint density at radius 1 is 1.22 bits per heavy atom. The molecule has 18 heavy (non-hydrogen) atoms. The highest BCUT2D eigenvalue weighted by Crippen LogP contribution is 2.30. The molecule has 0 radical (unpaired) electrons. The number of hydrogen-bond donors (Lipinski definition) is 1. The molecule has 1 saturated carbocycles. The summed E-state index contributed by atoms with van der Waals surface area (Å²) in [4.78, 5) is 4.63. The van der Waals surface area contributed by atoms with Crippen LogP contribution in [0.15, 0.2) is 22.8 Å². The van der Waals surface area contributed by atoms with E-state index in [0.29, 0.717) is 5.92 Å². The lowest BCUT2D eigenvalue weighted by molar-refractivity contribution is 0.429. The van der Waals surface area contributed by atoms with Crippen LogP contribution in [0, 0.1) is 0 Å². The lowest BCUT2D eigenvalue weighted by Crippen LogP contribution is -2.06. The number of H-pyrrole nitrogens is 1. The highest BCUT2D eigenvalue weighted by molar-refractivity contribution is 5.03. The van der Waals surface area contributed by atoms with Crippen molar-refractivity contribution in [2.45, 2.75) is 50.9 Å². The summed E-state index contributed by atoms with van der Waals surface area (Å²) in [5, 5.41) is 7.44. The number of hydrogen-bond acceptors (Lipinski definition) is 3. The van der Waals surface area contributed by atoms with Crippen molar-refractivity contribution in [2.75, 3.05) is 0 Å². The first-order chi connectivity index (χ1) is 8.92. The molecular formula is C14H19N3O. The fourth-order valence-corrected chi connectivity index (χ4v) is 2.66. The Kier molecular flexibility index (Phi) is 3.44. The predicted molar refractivity (Wildman–Crippen MR) is 68.3 cm³/mol. The highest BCUT2D eigenvalue weighted by atomic mass is 16.3. The third-order valence-electron chi connectivity index (χ3n) is 3.71. The van der Waals surface area contributed by atoms with Gasteiger partial charge in [0.05, 0.1) is 6.26 Å². The van der Waals surface area contributed by atoms with Gasteiger partial charge in [-0.2, -0.15) is 5.10 Å². The summed E-state index contributed by atoms with van der Waals surface area (Å²) in [6, 6.07) is 3.92. The van der Waals surface area contributed by atoms with Gasteiger partial charge in [0.25, 0.3) is 0 Å². The van der Waals surface area contributed by atoms with Crippen molar-refractivity contribution in [3.63, 3.8) is 0 Å². The minimum absolute atomic E-state index is 0.576. The Balaban J connectivity index is 1.59. The van der Waals surface area contributed by atoms with Crippen molar-refractivity contribution < 1.29 is 4.42 Å². The van der Waals surface area contributed by atoms with E-state index in [0.717, 1.165) is 30.3 Å². The van der Waals surface area contributed by atoms with E-state index in [2.05, 4.69) is 15.2 Å². The van der Waals surface area contributed by atoms with Gasteiger partial charge < -0.3 is 4.42 Å². The molecule has 1 N–H and O–H groups in total. The Labute approximate surface area is 107 Å². The molecule has 2 aromatic heterocycles. The van der Waals surface area contributed by atoms with Gasteiger partial charge in [-0.3, -0.25) is 5.10 Å². The maximum absolute atomic E-state index is 5.32. The van der Waals surface area contributed by atoms with E-state index in [-0.39, 0.29) is 0 Å². The number of aromatic nitrogens is 3. The number of aromatic amines is 1. The number of rotatable bonds is 4. The van der Waals surface area contributed by atoms with E-state index in [1.54, 1.807) is 6.26 Å². The van der Waals surface area contributed by atoms with E-state index in [4.69, 9.17) is 4.42 Å². The van der Waals surface area contributed by atoms with E-state index in [1.807, 2.05) is 12.1 Å². The van der Waals surface area contributed by atoms with Gasteiger partial charge >= 0.3 is 0 Å². The zero-order valence-electron chi connectivity index (χ0n) is 10.6. The second-order valence-electron chi connectivity index (χ2n) is 5.05. The molecule has 0 unspecified atom stereocenters. The van der Waals surface area contributed by atoms with E-state index in [9.17, 15) is 0 Å². The summed E-state index contributed by atoms with van der Waals surface area (Å²) in [6.45, 7) is 0. The van der Waals surface area contributed by atoms with Crippen LogP contribution in [0.25, 0.3) is 0 Å². The van der Waals surface area contributed by atoms with E-state index >= 15 is 0 Å². The molecule has 96 valence electrons. The first kappa shape index (κ1) is 11.5. The molecule has 1 aliphatic carbocycles. The largest absolute Gasteiger partial charge is 0.469 e. The van der Waals surface area contributed by atoms with Crippen molar-refractivity contribution in [1.29, 1.82) is 0 Å². The van der Waals surface area contributed by atoms with Gasteiger partial charge in [-0.05, 0) is 25.0 Å². The zero-order chi connectivity index (χ0) is 12.2. The maximum Gasteiger partial charge on any atom is 0.153 e. The summed E-state index contributed by atoms with van der Waals surface area (Å²) >= 11 is 0. The maximum atomic E-state index is 5.32. The normalized spacial score (nSPS) is 17.1. The third-order valence-corrected chi connectivity index (χ3v) is 3.71. The van der Waals surface area contributed by atoms with Crippen molar-refractivity contribution >= 4 is 0 Å². The minimum Gasteiger partial charge on any atom is -0.469 e. The summed E-state index contributed by atoms with van der Waals surface area (Å²) in [5.74, 6) is 3.58.